The number of benzene rings is 1. The monoisotopic (exact) mass is 307 g/mol. The smallest absolute Gasteiger partial charge is 0.256 e. The summed E-state index contributed by atoms with van der Waals surface area (Å²) in [7, 11) is 0. The molecule has 1 amide bonds. The molecule has 0 radical (unpaired) electrons. The van der Waals surface area contributed by atoms with Gasteiger partial charge in [-0.15, -0.1) is 0 Å². The average molecular weight is 308 g/mol. The van der Waals surface area contributed by atoms with Crippen LogP contribution in [0.3, 0.4) is 0 Å². The second kappa shape index (κ2) is 6.24. The lowest BCUT2D eigenvalue weighted by Crippen LogP contribution is -2.49. The molecule has 1 unspecified atom stereocenters. The lowest BCUT2D eigenvalue weighted by atomic mass is 10.0. The zero-order valence-corrected chi connectivity index (χ0v) is 13.0. The van der Waals surface area contributed by atoms with E-state index in [4.69, 9.17) is 17.3 Å². The summed E-state index contributed by atoms with van der Waals surface area (Å²) in [5.41, 5.74) is 6.98. The molecule has 2 fully saturated rings. The Hall–Kier alpha value is -1.26. The maximum atomic E-state index is 12.7. The molecule has 0 saturated carbocycles. The van der Waals surface area contributed by atoms with E-state index in [1.54, 1.807) is 18.2 Å². The molecular formula is C16H22ClN3O. The Labute approximate surface area is 130 Å². The Kier molecular flexibility index (Phi) is 4.36. The maximum absolute atomic E-state index is 12.7. The van der Waals surface area contributed by atoms with Gasteiger partial charge in [0.05, 0.1) is 5.56 Å². The molecule has 2 aliphatic heterocycles. The Morgan fingerprint density at radius 3 is 2.71 bits per heavy atom. The van der Waals surface area contributed by atoms with Crippen LogP contribution in [0.1, 0.15) is 36.0 Å². The van der Waals surface area contributed by atoms with E-state index in [9.17, 15) is 4.79 Å². The Morgan fingerprint density at radius 2 is 1.95 bits per heavy atom. The van der Waals surface area contributed by atoms with Crippen molar-refractivity contribution < 1.29 is 4.79 Å². The van der Waals surface area contributed by atoms with Gasteiger partial charge in [-0.2, -0.15) is 0 Å². The first-order valence-corrected chi connectivity index (χ1v) is 8.11. The number of carbonyl (C=O) groups excluding carboxylic acids is 1. The van der Waals surface area contributed by atoms with Gasteiger partial charge in [0.1, 0.15) is 0 Å². The third-order valence-corrected chi connectivity index (χ3v) is 4.82. The summed E-state index contributed by atoms with van der Waals surface area (Å²) >= 11 is 6.00. The third-order valence-electron chi connectivity index (χ3n) is 4.59. The van der Waals surface area contributed by atoms with Crippen molar-refractivity contribution in [2.24, 2.45) is 0 Å². The SMILES string of the molecule is Nc1ccc(Cl)cc1C(=O)N1CCCC(N2CCCC2)C1. The molecule has 114 valence electrons. The van der Waals surface area contributed by atoms with Crippen molar-refractivity contribution in [3.05, 3.63) is 28.8 Å². The molecule has 1 aromatic rings. The zero-order valence-electron chi connectivity index (χ0n) is 12.2. The van der Waals surface area contributed by atoms with Crippen molar-refractivity contribution >= 4 is 23.2 Å². The van der Waals surface area contributed by atoms with Gasteiger partial charge in [0, 0.05) is 29.8 Å². The minimum Gasteiger partial charge on any atom is -0.398 e. The second-order valence-corrected chi connectivity index (χ2v) is 6.46. The first-order valence-electron chi connectivity index (χ1n) is 7.73. The molecule has 0 spiro atoms. The number of amides is 1. The lowest BCUT2D eigenvalue weighted by molar-refractivity contribution is 0.0609. The molecule has 1 atom stereocenters. The van der Waals surface area contributed by atoms with Crippen molar-refractivity contribution in [2.45, 2.75) is 31.7 Å². The topological polar surface area (TPSA) is 49.6 Å². The summed E-state index contributed by atoms with van der Waals surface area (Å²) in [4.78, 5) is 17.2. The number of piperidine rings is 1. The van der Waals surface area contributed by atoms with Crippen molar-refractivity contribution in [3.63, 3.8) is 0 Å². The third kappa shape index (κ3) is 3.16. The van der Waals surface area contributed by atoms with Crippen LogP contribution in [0.2, 0.25) is 5.02 Å². The quantitative estimate of drug-likeness (QED) is 0.855. The molecular weight excluding hydrogens is 286 g/mol. The standard InChI is InChI=1S/C16H22ClN3O/c17-12-5-6-15(18)14(10-12)16(21)20-9-3-4-13(11-20)19-7-1-2-8-19/h5-6,10,13H,1-4,7-9,11,18H2. The van der Waals surface area contributed by atoms with Crippen LogP contribution in [0.25, 0.3) is 0 Å². The lowest BCUT2D eigenvalue weighted by Gasteiger charge is -2.37. The van der Waals surface area contributed by atoms with Crippen molar-refractivity contribution in [2.75, 3.05) is 31.9 Å². The van der Waals surface area contributed by atoms with Crippen LogP contribution in [-0.2, 0) is 0 Å². The molecule has 2 aliphatic rings. The highest BCUT2D eigenvalue weighted by atomic mass is 35.5. The van der Waals surface area contributed by atoms with E-state index in [0.717, 1.165) is 19.5 Å². The van der Waals surface area contributed by atoms with Gasteiger partial charge in [-0.05, 0) is 57.0 Å². The molecule has 0 aliphatic carbocycles. The van der Waals surface area contributed by atoms with Gasteiger partial charge in [-0.25, -0.2) is 0 Å². The van der Waals surface area contributed by atoms with Gasteiger partial charge in [-0.3, -0.25) is 9.69 Å². The van der Waals surface area contributed by atoms with Crippen LogP contribution in [0, 0.1) is 0 Å². The largest absolute Gasteiger partial charge is 0.398 e. The van der Waals surface area contributed by atoms with Gasteiger partial charge in [-0.1, -0.05) is 11.6 Å². The van der Waals surface area contributed by atoms with Gasteiger partial charge >= 0.3 is 0 Å². The van der Waals surface area contributed by atoms with Crippen LogP contribution in [0.5, 0.6) is 0 Å². The summed E-state index contributed by atoms with van der Waals surface area (Å²) in [5, 5.41) is 0.556. The van der Waals surface area contributed by atoms with Crippen LogP contribution < -0.4 is 5.73 Å². The minimum atomic E-state index is 0.0129. The van der Waals surface area contributed by atoms with E-state index in [1.807, 2.05) is 4.90 Å². The number of anilines is 1. The Balaban J connectivity index is 1.73. The molecule has 21 heavy (non-hydrogen) atoms. The summed E-state index contributed by atoms with van der Waals surface area (Å²) in [6, 6.07) is 5.61. The molecule has 1 aromatic carbocycles. The maximum Gasteiger partial charge on any atom is 0.256 e. The number of carbonyl (C=O) groups is 1. The molecule has 2 N–H and O–H groups in total. The molecule has 5 heteroatoms. The highest BCUT2D eigenvalue weighted by Crippen LogP contribution is 2.24. The predicted octanol–water partition coefficient (Wildman–Crippen LogP) is 2.62. The summed E-state index contributed by atoms with van der Waals surface area (Å²) in [5.74, 6) is 0.0129. The molecule has 0 aromatic heterocycles. The number of halogens is 1. The van der Waals surface area contributed by atoms with E-state index in [0.29, 0.717) is 22.3 Å². The number of hydrogen-bond donors (Lipinski definition) is 1. The Morgan fingerprint density at radius 1 is 1.19 bits per heavy atom. The summed E-state index contributed by atoms with van der Waals surface area (Å²) in [6.45, 7) is 3.97. The van der Waals surface area contributed by atoms with Crippen LogP contribution >= 0.6 is 11.6 Å². The normalized spacial score (nSPS) is 23.5. The number of rotatable bonds is 2. The zero-order chi connectivity index (χ0) is 14.8. The summed E-state index contributed by atoms with van der Waals surface area (Å²) < 4.78 is 0. The fourth-order valence-electron chi connectivity index (χ4n) is 3.43. The van der Waals surface area contributed by atoms with Gasteiger partial charge in [0.2, 0.25) is 0 Å². The average Bonchev–Trinajstić information content (AvgIpc) is 3.03. The van der Waals surface area contributed by atoms with Crippen molar-refractivity contribution in [1.82, 2.24) is 9.80 Å². The highest BCUT2D eigenvalue weighted by molar-refractivity contribution is 6.31. The molecule has 2 heterocycles. The van der Waals surface area contributed by atoms with Crippen molar-refractivity contribution in [1.29, 1.82) is 0 Å². The molecule has 2 saturated heterocycles. The molecule has 3 rings (SSSR count). The van der Waals surface area contributed by atoms with E-state index in [-0.39, 0.29) is 5.91 Å². The van der Waals surface area contributed by atoms with Crippen LogP contribution in [0.15, 0.2) is 18.2 Å². The number of likely N-dealkylation sites (tertiary alicyclic amines) is 2. The number of nitrogen functional groups attached to an aromatic ring is 1. The van der Waals surface area contributed by atoms with Gasteiger partial charge in [0.15, 0.2) is 0 Å². The first-order chi connectivity index (χ1) is 10.1. The van der Waals surface area contributed by atoms with Crippen molar-refractivity contribution in [3.8, 4) is 0 Å². The van der Waals surface area contributed by atoms with E-state index >= 15 is 0 Å². The van der Waals surface area contributed by atoms with E-state index in [1.165, 1.54) is 32.4 Å². The fraction of sp³-hybridized carbons (Fsp3) is 0.562. The first kappa shape index (κ1) is 14.7. The number of nitrogens with zero attached hydrogens (tertiary/aromatic N) is 2. The Bertz CT molecular complexity index is 528. The number of nitrogens with two attached hydrogens (primary N) is 1. The molecule has 4 nitrogen and oxygen atoms in total. The van der Waals surface area contributed by atoms with Gasteiger partial charge < -0.3 is 10.6 Å². The molecule has 0 bridgehead atoms. The van der Waals surface area contributed by atoms with Gasteiger partial charge in [0.25, 0.3) is 5.91 Å². The predicted molar refractivity (Wildman–Crippen MR) is 85.6 cm³/mol. The van der Waals surface area contributed by atoms with E-state index in [2.05, 4.69) is 4.90 Å². The van der Waals surface area contributed by atoms with E-state index < -0.39 is 0 Å². The summed E-state index contributed by atoms with van der Waals surface area (Å²) in [6.07, 6.45) is 4.82. The second-order valence-electron chi connectivity index (χ2n) is 6.02. The van der Waals surface area contributed by atoms with Crippen LogP contribution in [-0.4, -0.2) is 47.9 Å². The number of hydrogen-bond acceptors (Lipinski definition) is 3. The van der Waals surface area contributed by atoms with Crippen LogP contribution in [0.4, 0.5) is 5.69 Å². The minimum absolute atomic E-state index is 0.0129. The highest BCUT2D eigenvalue weighted by Gasteiger charge is 2.30. The fourth-order valence-corrected chi connectivity index (χ4v) is 3.60.